The van der Waals surface area contributed by atoms with Crippen LogP contribution in [0, 0.1) is 5.41 Å². The van der Waals surface area contributed by atoms with E-state index in [-0.39, 0.29) is 12.0 Å². The molecule has 2 N–H and O–H groups in total. The molecule has 4 nitrogen and oxygen atoms in total. The van der Waals surface area contributed by atoms with Crippen molar-refractivity contribution in [2.24, 2.45) is 5.41 Å². The third kappa shape index (κ3) is 5.80. The SMILES string of the molecule is COc1cccc(OC[C@H](O)CN[C@H](C)C(C)(C)C)c1. The van der Waals surface area contributed by atoms with E-state index in [9.17, 15) is 5.11 Å². The molecule has 0 aromatic heterocycles. The molecule has 4 heteroatoms. The molecule has 1 aromatic rings. The van der Waals surface area contributed by atoms with Gasteiger partial charge in [-0.25, -0.2) is 0 Å². The number of hydrogen-bond acceptors (Lipinski definition) is 4. The van der Waals surface area contributed by atoms with E-state index in [1.165, 1.54) is 0 Å². The first-order chi connectivity index (χ1) is 9.32. The van der Waals surface area contributed by atoms with Crippen LogP contribution in [-0.4, -0.2) is 37.5 Å². The van der Waals surface area contributed by atoms with Crippen LogP contribution >= 0.6 is 0 Å². The van der Waals surface area contributed by atoms with Crippen molar-refractivity contribution in [2.45, 2.75) is 39.8 Å². The van der Waals surface area contributed by atoms with Crippen molar-refractivity contribution < 1.29 is 14.6 Å². The van der Waals surface area contributed by atoms with Crippen molar-refractivity contribution in [2.75, 3.05) is 20.3 Å². The van der Waals surface area contributed by atoms with Gasteiger partial charge in [-0.1, -0.05) is 26.8 Å². The van der Waals surface area contributed by atoms with E-state index in [4.69, 9.17) is 9.47 Å². The molecule has 0 amide bonds. The van der Waals surface area contributed by atoms with E-state index < -0.39 is 6.10 Å². The van der Waals surface area contributed by atoms with Gasteiger partial charge in [-0.3, -0.25) is 0 Å². The normalized spacial score (nSPS) is 14.7. The van der Waals surface area contributed by atoms with Crippen molar-refractivity contribution in [1.29, 1.82) is 0 Å². The zero-order valence-electron chi connectivity index (χ0n) is 13.1. The first-order valence-electron chi connectivity index (χ1n) is 7.01. The fraction of sp³-hybridized carbons (Fsp3) is 0.625. The largest absolute Gasteiger partial charge is 0.497 e. The van der Waals surface area contributed by atoms with Gasteiger partial charge in [0.25, 0.3) is 0 Å². The van der Waals surface area contributed by atoms with Crippen molar-refractivity contribution in [3.8, 4) is 11.5 Å². The number of benzene rings is 1. The Morgan fingerprint density at radius 1 is 1.25 bits per heavy atom. The van der Waals surface area contributed by atoms with Gasteiger partial charge in [0, 0.05) is 18.7 Å². The van der Waals surface area contributed by atoms with Gasteiger partial charge in [0.1, 0.15) is 24.2 Å². The number of methoxy groups -OCH3 is 1. The molecule has 0 heterocycles. The summed E-state index contributed by atoms with van der Waals surface area (Å²) < 4.78 is 10.7. The van der Waals surface area contributed by atoms with E-state index in [0.717, 1.165) is 5.75 Å². The van der Waals surface area contributed by atoms with Gasteiger partial charge in [-0.2, -0.15) is 0 Å². The van der Waals surface area contributed by atoms with Gasteiger partial charge in [0.15, 0.2) is 0 Å². The molecule has 1 rings (SSSR count). The number of nitrogens with one attached hydrogen (secondary N) is 1. The van der Waals surface area contributed by atoms with Gasteiger partial charge in [0.2, 0.25) is 0 Å². The Balaban J connectivity index is 2.34. The molecule has 0 unspecified atom stereocenters. The molecule has 0 fully saturated rings. The summed E-state index contributed by atoms with van der Waals surface area (Å²) in [6.45, 7) is 9.41. The monoisotopic (exact) mass is 281 g/mol. The highest BCUT2D eigenvalue weighted by Gasteiger charge is 2.20. The van der Waals surface area contributed by atoms with E-state index in [1.54, 1.807) is 13.2 Å². The molecule has 0 radical (unpaired) electrons. The fourth-order valence-electron chi connectivity index (χ4n) is 1.56. The second kappa shape index (κ2) is 7.50. The van der Waals surface area contributed by atoms with Crippen LogP contribution in [0.25, 0.3) is 0 Å². The lowest BCUT2D eigenvalue weighted by molar-refractivity contribution is 0.0985. The second-order valence-corrected chi connectivity index (χ2v) is 6.14. The Morgan fingerprint density at radius 2 is 1.90 bits per heavy atom. The number of ether oxygens (including phenoxy) is 2. The van der Waals surface area contributed by atoms with E-state index in [1.807, 2.05) is 18.2 Å². The second-order valence-electron chi connectivity index (χ2n) is 6.14. The molecule has 0 saturated heterocycles. The number of aliphatic hydroxyl groups is 1. The molecule has 2 atom stereocenters. The number of hydrogen-bond donors (Lipinski definition) is 2. The van der Waals surface area contributed by atoms with Gasteiger partial charge in [-0.15, -0.1) is 0 Å². The van der Waals surface area contributed by atoms with Crippen LogP contribution in [0.4, 0.5) is 0 Å². The molecule has 1 aromatic carbocycles. The van der Waals surface area contributed by atoms with Crippen LogP contribution in [0.1, 0.15) is 27.7 Å². The summed E-state index contributed by atoms with van der Waals surface area (Å²) in [6.07, 6.45) is -0.536. The fourth-order valence-corrected chi connectivity index (χ4v) is 1.56. The van der Waals surface area contributed by atoms with Crippen molar-refractivity contribution >= 4 is 0 Å². The summed E-state index contributed by atoms with van der Waals surface area (Å²) in [5.41, 5.74) is 0.174. The smallest absolute Gasteiger partial charge is 0.123 e. The van der Waals surface area contributed by atoms with Crippen molar-refractivity contribution in [3.05, 3.63) is 24.3 Å². The van der Waals surface area contributed by atoms with Crippen molar-refractivity contribution in [1.82, 2.24) is 5.32 Å². The third-order valence-electron chi connectivity index (χ3n) is 3.44. The molecule has 0 aliphatic carbocycles. The quantitative estimate of drug-likeness (QED) is 0.806. The Kier molecular flexibility index (Phi) is 6.30. The average Bonchev–Trinajstić information content (AvgIpc) is 2.41. The zero-order chi connectivity index (χ0) is 15.2. The van der Waals surface area contributed by atoms with Crippen LogP contribution in [-0.2, 0) is 0 Å². The highest BCUT2D eigenvalue weighted by molar-refractivity contribution is 5.32. The predicted octanol–water partition coefficient (Wildman–Crippen LogP) is 2.46. The lowest BCUT2D eigenvalue weighted by Crippen LogP contribution is -2.42. The summed E-state index contributed by atoms with van der Waals surface area (Å²) in [5.74, 6) is 1.45. The standard InChI is InChI=1S/C16H27NO3/c1-12(16(2,3)4)17-10-13(18)11-20-15-8-6-7-14(9-15)19-5/h6-9,12-13,17-18H,10-11H2,1-5H3/t12-,13-/m1/s1. The minimum atomic E-state index is -0.536. The highest BCUT2D eigenvalue weighted by Crippen LogP contribution is 2.19. The number of aliphatic hydroxyl groups excluding tert-OH is 1. The van der Waals surface area contributed by atoms with Crippen LogP contribution in [0.3, 0.4) is 0 Å². The van der Waals surface area contributed by atoms with Gasteiger partial charge < -0.3 is 19.9 Å². The molecule has 20 heavy (non-hydrogen) atoms. The molecule has 114 valence electrons. The Morgan fingerprint density at radius 3 is 2.50 bits per heavy atom. The maximum Gasteiger partial charge on any atom is 0.123 e. The lowest BCUT2D eigenvalue weighted by Gasteiger charge is -2.29. The summed E-state index contributed by atoms with van der Waals surface area (Å²) in [4.78, 5) is 0. The van der Waals surface area contributed by atoms with Crippen LogP contribution in [0.15, 0.2) is 24.3 Å². The summed E-state index contributed by atoms with van der Waals surface area (Å²) in [6, 6.07) is 7.70. The maximum atomic E-state index is 9.93. The van der Waals surface area contributed by atoms with Crippen LogP contribution in [0.2, 0.25) is 0 Å². The molecule has 0 saturated carbocycles. The summed E-state index contributed by atoms with van der Waals surface area (Å²) in [7, 11) is 1.62. The number of rotatable bonds is 7. The molecule has 0 bridgehead atoms. The van der Waals surface area contributed by atoms with Crippen LogP contribution in [0.5, 0.6) is 11.5 Å². The predicted molar refractivity (Wildman–Crippen MR) is 81.4 cm³/mol. The summed E-state index contributed by atoms with van der Waals surface area (Å²) in [5, 5.41) is 13.3. The Hall–Kier alpha value is -1.26. The van der Waals surface area contributed by atoms with Gasteiger partial charge in [-0.05, 0) is 24.5 Å². The average molecular weight is 281 g/mol. The molecule has 0 aliphatic rings. The maximum absolute atomic E-state index is 9.93. The van der Waals surface area contributed by atoms with Crippen LogP contribution < -0.4 is 14.8 Å². The molecular formula is C16H27NO3. The molecule has 0 spiro atoms. The topological polar surface area (TPSA) is 50.7 Å². The minimum Gasteiger partial charge on any atom is -0.497 e. The first kappa shape index (κ1) is 16.8. The third-order valence-corrected chi connectivity index (χ3v) is 3.44. The summed E-state index contributed by atoms with van der Waals surface area (Å²) >= 11 is 0. The lowest BCUT2D eigenvalue weighted by atomic mass is 9.88. The Bertz CT molecular complexity index is 401. The molecule has 0 aliphatic heterocycles. The van der Waals surface area contributed by atoms with Crippen molar-refractivity contribution in [3.63, 3.8) is 0 Å². The van der Waals surface area contributed by atoms with Gasteiger partial charge in [0.05, 0.1) is 7.11 Å². The van der Waals surface area contributed by atoms with E-state index in [0.29, 0.717) is 18.3 Å². The Labute approximate surface area is 122 Å². The van der Waals surface area contributed by atoms with Gasteiger partial charge >= 0.3 is 0 Å². The van der Waals surface area contributed by atoms with E-state index >= 15 is 0 Å². The van der Waals surface area contributed by atoms with E-state index in [2.05, 4.69) is 33.0 Å². The minimum absolute atomic E-state index is 0.174. The highest BCUT2D eigenvalue weighted by atomic mass is 16.5. The zero-order valence-corrected chi connectivity index (χ0v) is 13.1. The molecular weight excluding hydrogens is 254 g/mol. The first-order valence-corrected chi connectivity index (χ1v) is 7.01.